The van der Waals surface area contributed by atoms with Crippen LogP contribution in [0.1, 0.15) is 40.5 Å². The number of aliphatic hydroxyl groups is 3. The van der Waals surface area contributed by atoms with Crippen molar-refractivity contribution in [1.29, 1.82) is 0 Å². The van der Waals surface area contributed by atoms with Gasteiger partial charge in [-0.1, -0.05) is 130 Å². The summed E-state index contributed by atoms with van der Waals surface area (Å²) in [4.78, 5) is 11.3. The quantitative estimate of drug-likeness (QED) is 0.138. The monoisotopic (exact) mass is 588 g/mol. The van der Waals surface area contributed by atoms with Gasteiger partial charge in [0.25, 0.3) is 8.32 Å². The second-order valence-electron chi connectivity index (χ2n) is 11.7. The van der Waals surface area contributed by atoms with Crippen LogP contribution in [0.25, 0.3) is 0 Å². The molecule has 0 radical (unpaired) electrons. The highest BCUT2D eigenvalue weighted by atomic mass is 28.4. The summed E-state index contributed by atoms with van der Waals surface area (Å²) in [6.07, 6.45) is 14.6. The van der Waals surface area contributed by atoms with Gasteiger partial charge in [-0.3, -0.25) is 0 Å². The van der Waals surface area contributed by atoms with Crippen LogP contribution in [0.15, 0.2) is 121 Å². The van der Waals surface area contributed by atoms with Gasteiger partial charge < -0.3 is 24.5 Å². The van der Waals surface area contributed by atoms with Crippen molar-refractivity contribution in [2.24, 2.45) is 0 Å². The lowest BCUT2D eigenvalue weighted by molar-refractivity contribution is -0.141. The molecule has 6 nitrogen and oxygen atoms in total. The second kappa shape index (κ2) is 15.2. The molecule has 2 aromatic rings. The molecule has 0 saturated heterocycles. The molecule has 0 fully saturated rings. The van der Waals surface area contributed by atoms with E-state index in [1.54, 1.807) is 30.4 Å². The summed E-state index contributed by atoms with van der Waals surface area (Å²) in [6, 6.07) is 21.0. The number of hydrogen-bond donors (Lipinski definition) is 3. The van der Waals surface area contributed by atoms with Crippen molar-refractivity contribution in [3.8, 4) is 0 Å². The minimum Gasteiger partial charge on any atom is -0.455 e. The van der Waals surface area contributed by atoms with Crippen molar-refractivity contribution in [2.45, 2.75) is 69.5 Å². The number of hydrogen-bond acceptors (Lipinski definition) is 6. The minimum absolute atomic E-state index is 0.0613. The van der Waals surface area contributed by atoms with Gasteiger partial charge >= 0.3 is 5.97 Å². The van der Waals surface area contributed by atoms with Crippen molar-refractivity contribution in [3.63, 3.8) is 0 Å². The van der Waals surface area contributed by atoms with Crippen molar-refractivity contribution in [1.82, 2.24) is 0 Å². The van der Waals surface area contributed by atoms with E-state index in [2.05, 4.69) is 69.3 Å². The van der Waals surface area contributed by atoms with Gasteiger partial charge in [0.1, 0.15) is 11.7 Å². The van der Waals surface area contributed by atoms with E-state index in [4.69, 9.17) is 9.16 Å². The zero-order chi connectivity index (χ0) is 30.6. The third kappa shape index (κ3) is 9.08. The number of aliphatic hydroxyl groups excluding tert-OH is 2. The zero-order valence-corrected chi connectivity index (χ0v) is 26.0. The first kappa shape index (κ1) is 33.2. The largest absolute Gasteiger partial charge is 0.455 e. The van der Waals surface area contributed by atoms with E-state index in [-0.39, 0.29) is 11.5 Å². The smallest absolute Gasteiger partial charge is 0.331 e. The van der Waals surface area contributed by atoms with E-state index < -0.39 is 38.2 Å². The molecule has 0 aromatic heterocycles. The van der Waals surface area contributed by atoms with Gasteiger partial charge in [-0.15, -0.1) is 0 Å². The number of cyclic esters (lactones) is 1. The Hall–Kier alpha value is -3.33. The maximum atomic E-state index is 11.3. The van der Waals surface area contributed by atoms with E-state index in [0.29, 0.717) is 13.0 Å². The van der Waals surface area contributed by atoms with Gasteiger partial charge in [-0.05, 0) is 28.4 Å². The summed E-state index contributed by atoms with van der Waals surface area (Å²) in [5.74, 6) is -0.439. The number of carbonyl (C=O) groups is 1. The summed E-state index contributed by atoms with van der Waals surface area (Å²) in [7, 11) is -2.59. The molecule has 7 heteroatoms. The number of esters is 1. The SMILES string of the molecule is CC(C)(C)[Si](OC/C=C/C=C\C=C/[C@H](O)C[C@@H](O)[C@](C)(O)/C=C/[C@H]1CC=CC(=O)O1)(c1ccccc1)c1ccccc1. The van der Waals surface area contributed by atoms with Crippen LogP contribution in [0.5, 0.6) is 0 Å². The molecule has 0 aliphatic carbocycles. The highest BCUT2D eigenvalue weighted by Gasteiger charge is 2.49. The van der Waals surface area contributed by atoms with E-state index in [9.17, 15) is 20.1 Å². The average Bonchev–Trinajstić information content (AvgIpc) is 2.95. The molecule has 1 heterocycles. The molecule has 224 valence electrons. The minimum atomic E-state index is -2.59. The Morgan fingerprint density at radius 1 is 0.952 bits per heavy atom. The van der Waals surface area contributed by atoms with E-state index in [1.165, 1.54) is 29.4 Å². The number of carbonyl (C=O) groups excluding carboxylic acids is 1. The van der Waals surface area contributed by atoms with E-state index in [0.717, 1.165) is 0 Å². The molecule has 0 unspecified atom stereocenters. The third-order valence-corrected chi connectivity index (χ3v) is 12.3. The number of rotatable bonds is 13. The second-order valence-corrected chi connectivity index (χ2v) is 16.0. The first-order valence-corrected chi connectivity index (χ1v) is 16.3. The molecular formula is C35H44O6Si. The Morgan fingerprint density at radius 2 is 1.55 bits per heavy atom. The molecule has 0 amide bonds. The Balaban J connectivity index is 1.55. The van der Waals surface area contributed by atoms with Gasteiger partial charge in [-0.25, -0.2) is 4.79 Å². The van der Waals surface area contributed by atoms with Crippen LogP contribution in [0.4, 0.5) is 0 Å². The molecule has 0 spiro atoms. The predicted octanol–water partition coefficient (Wildman–Crippen LogP) is 4.52. The molecule has 3 N–H and O–H groups in total. The van der Waals surface area contributed by atoms with Crippen LogP contribution in [-0.4, -0.2) is 60.1 Å². The van der Waals surface area contributed by atoms with Crippen LogP contribution < -0.4 is 10.4 Å². The first-order valence-electron chi connectivity index (χ1n) is 14.4. The lowest BCUT2D eigenvalue weighted by Gasteiger charge is -2.42. The number of allylic oxidation sites excluding steroid dienone is 4. The van der Waals surface area contributed by atoms with Crippen molar-refractivity contribution in [3.05, 3.63) is 121 Å². The maximum absolute atomic E-state index is 11.3. The molecular weight excluding hydrogens is 544 g/mol. The standard InChI is InChI=1S/C35H44O6Si/c1-34(2,3)42(30-19-11-8-12-20-30,31-21-13-9-14-22-31)40-26-15-7-5-6-10-17-28(36)27-32(37)35(4,39)25-24-29-18-16-23-33(38)41-29/h5-17,19-25,28-29,32,36-37,39H,18,26-27H2,1-4H3/b6-5-,15-7+,17-10-,25-24+/t28-,29+,32+,35+/m0/s1. The van der Waals surface area contributed by atoms with Crippen LogP contribution in [0, 0.1) is 0 Å². The van der Waals surface area contributed by atoms with Crippen molar-refractivity contribution >= 4 is 24.7 Å². The fourth-order valence-corrected chi connectivity index (χ4v) is 9.50. The lowest BCUT2D eigenvalue weighted by Crippen LogP contribution is -2.66. The topological polar surface area (TPSA) is 96.2 Å². The molecule has 42 heavy (non-hydrogen) atoms. The molecule has 0 bridgehead atoms. The number of benzene rings is 2. The van der Waals surface area contributed by atoms with E-state index >= 15 is 0 Å². The van der Waals surface area contributed by atoms with Crippen LogP contribution in [0.3, 0.4) is 0 Å². The Kier molecular flexibility index (Phi) is 12.0. The van der Waals surface area contributed by atoms with Crippen molar-refractivity contribution in [2.75, 3.05) is 6.61 Å². The van der Waals surface area contributed by atoms with Crippen molar-refractivity contribution < 1.29 is 29.3 Å². The summed E-state index contributed by atoms with van der Waals surface area (Å²) >= 11 is 0. The van der Waals surface area contributed by atoms with Gasteiger partial charge in [0, 0.05) is 18.9 Å². The first-order chi connectivity index (χ1) is 20.0. The summed E-state index contributed by atoms with van der Waals surface area (Å²) in [6.45, 7) is 8.64. The molecule has 1 aliphatic rings. The third-order valence-electron chi connectivity index (χ3n) is 7.29. The molecule has 4 atom stereocenters. The van der Waals surface area contributed by atoms with Gasteiger partial charge in [0.2, 0.25) is 0 Å². The normalized spacial score (nSPS) is 19.5. The number of ether oxygens (including phenoxy) is 1. The Labute approximate surface area is 251 Å². The van der Waals surface area contributed by atoms with Crippen LogP contribution in [-0.2, 0) is 14.0 Å². The van der Waals surface area contributed by atoms with Gasteiger partial charge in [0.05, 0.1) is 18.8 Å². The Bertz CT molecular complexity index is 1230. The molecule has 3 rings (SSSR count). The fraction of sp³-hybridized carbons (Fsp3) is 0.343. The molecule has 1 aliphatic heterocycles. The van der Waals surface area contributed by atoms with E-state index in [1.807, 2.05) is 30.4 Å². The summed E-state index contributed by atoms with van der Waals surface area (Å²) in [5.41, 5.74) is -1.59. The maximum Gasteiger partial charge on any atom is 0.331 e. The fourth-order valence-electron chi connectivity index (χ4n) is 5.00. The lowest BCUT2D eigenvalue weighted by atomic mass is 9.93. The highest BCUT2D eigenvalue weighted by Crippen LogP contribution is 2.36. The average molecular weight is 589 g/mol. The zero-order valence-electron chi connectivity index (χ0n) is 25.0. The Morgan fingerprint density at radius 3 is 2.12 bits per heavy atom. The molecule has 2 aromatic carbocycles. The highest BCUT2D eigenvalue weighted by molar-refractivity contribution is 6.99. The van der Waals surface area contributed by atoms with Gasteiger partial charge in [0.15, 0.2) is 0 Å². The summed E-state index contributed by atoms with van der Waals surface area (Å²) in [5, 5.41) is 33.8. The van der Waals surface area contributed by atoms with Gasteiger partial charge in [-0.2, -0.15) is 0 Å². The van der Waals surface area contributed by atoms with Crippen LogP contribution in [0.2, 0.25) is 5.04 Å². The molecule has 0 saturated carbocycles. The van der Waals surface area contributed by atoms with Crippen LogP contribution >= 0.6 is 0 Å². The summed E-state index contributed by atoms with van der Waals surface area (Å²) < 4.78 is 12.0. The predicted molar refractivity (Wildman–Crippen MR) is 171 cm³/mol.